The van der Waals surface area contributed by atoms with Crippen LogP contribution in [0.15, 0.2) is 30.6 Å². The van der Waals surface area contributed by atoms with E-state index in [1.165, 1.54) is 6.33 Å². The highest BCUT2D eigenvalue weighted by molar-refractivity contribution is 5.95. The molecule has 0 spiro atoms. The number of hydrazine groups is 1. The van der Waals surface area contributed by atoms with Crippen molar-refractivity contribution >= 4 is 11.7 Å². The number of carbonyl (C=O) groups is 1. The number of para-hydroxylation sites is 1. The van der Waals surface area contributed by atoms with Gasteiger partial charge in [-0.1, -0.05) is 19.1 Å². The smallest absolute Gasteiger partial charge is 0.252 e. The van der Waals surface area contributed by atoms with Crippen LogP contribution in [0.3, 0.4) is 0 Å². The van der Waals surface area contributed by atoms with E-state index in [2.05, 4.69) is 15.4 Å². The van der Waals surface area contributed by atoms with Crippen LogP contribution in [0, 0.1) is 0 Å². The molecule has 0 aliphatic heterocycles. The third-order valence-corrected chi connectivity index (χ3v) is 2.76. The highest BCUT2D eigenvalue weighted by Crippen LogP contribution is 2.28. The number of nitrogens with two attached hydrogens (primary N) is 2. The number of rotatable bonds is 5. The van der Waals surface area contributed by atoms with Crippen LogP contribution in [0.5, 0.6) is 11.6 Å². The molecule has 0 bridgehead atoms. The second-order valence-electron chi connectivity index (χ2n) is 3.97. The molecule has 1 heterocycles. The standard InChI is InChI=1S/C13H15N5O2/c1-2-8-12(18-15)16-7-17-13(8)20-10-6-4-3-5-9(10)11(14)19/h3-7H,2,15H2,1H3,(H2,14,19)(H,16,17,18). The van der Waals surface area contributed by atoms with Crippen molar-refractivity contribution in [3.05, 3.63) is 41.7 Å². The van der Waals surface area contributed by atoms with E-state index >= 15 is 0 Å². The molecular formula is C13H15N5O2. The molecule has 0 saturated heterocycles. The van der Waals surface area contributed by atoms with Crippen LogP contribution in [0.1, 0.15) is 22.8 Å². The van der Waals surface area contributed by atoms with Crippen LogP contribution in [-0.2, 0) is 6.42 Å². The molecule has 20 heavy (non-hydrogen) atoms. The molecule has 0 saturated carbocycles. The summed E-state index contributed by atoms with van der Waals surface area (Å²) in [5.41, 5.74) is 8.80. The molecule has 0 unspecified atom stereocenters. The molecule has 2 rings (SSSR count). The lowest BCUT2D eigenvalue weighted by molar-refractivity contribution is 0.0998. The predicted molar refractivity (Wildman–Crippen MR) is 74.3 cm³/mol. The zero-order chi connectivity index (χ0) is 14.5. The normalized spacial score (nSPS) is 10.1. The van der Waals surface area contributed by atoms with Crippen molar-refractivity contribution in [2.24, 2.45) is 11.6 Å². The average Bonchev–Trinajstić information content (AvgIpc) is 2.47. The zero-order valence-electron chi connectivity index (χ0n) is 11.0. The molecular weight excluding hydrogens is 258 g/mol. The summed E-state index contributed by atoms with van der Waals surface area (Å²) in [6.45, 7) is 1.92. The number of carbonyl (C=O) groups excluding carboxylic acids is 1. The fourth-order valence-electron chi connectivity index (χ4n) is 1.79. The molecule has 0 aliphatic carbocycles. The largest absolute Gasteiger partial charge is 0.438 e. The summed E-state index contributed by atoms with van der Waals surface area (Å²) in [5.74, 6) is 5.99. The van der Waals surface area contributed by atoms with Gasteiger partial charge in [-0.25, -0.2) is 15.8 Å². The van der Waals surface area contributed by atoms with Gasteiger partial charge in [0.25, 0.3) is 5.91 Å². The van der Waals surface area contributed by atoms with Gasteiger partial charge in [-0.15, -0.1) is 0 Å². The van der Waals surface area contributed by atoms with E-state index in [1.807, 2.05) is 6.92 Å². The Labute approximate surface area is 115 Å². The van der Waals surface area contributed by atoms with Crippen molar-refractivity contribution in [1.29, 1.82) is 0 Å². The Kier molecular flexibility index (Phi) is 4.11. The first-order chi connectivity index (χ1) is 9.67. The minimum atomic E-state index is -0.565. The number of nitrogen functional groups attached to an aromatic ring is 1. The van der Waals surface area contributed by atoms with E-state index in [-0.39, 0.29) is 5.56 Å². The molecule has 5 N–H and O–H groups in total. The van der Waals surface area contributed by atoms with Crippen molar-refractivity contribution < 1.29 is 9.53 Å². The Morgan fingerprint density at radius 2 is 2.10 bits per heavy atom. The van der Waals surface area contributed by atoms with E-state index < -0.39 is 5.91 Å². The molecule has 0 atom stereocenters. The Morgan fingerprint density at radius 3 is 2.75 bits per heavy atom. The van der Waals surface area contributed by atoms with Gasteiger partial charge in [0.05, 0.1) is 11.1 Å². The maximum absolute atomic E-state index is 11.4. The number of ether oxygens (including phenoxy) is 1. The topological polar surface area (TPSA) is 116 Å². The number of aromatic nitrogens is 2. The number of nitrogens with one attached hydrogen (secondary N) is 1. The van der Waals surface area contributed by atoms with Gasteiger partial charge in [0.2, 0.25) is 5.88 Å². The van der Waals surface area contributed by atoms with Crippen molar-refractivity contribution in [3.63, 3.8) is 0 Å². The van der Waals surface area contributed by atoms with Gasteiger partial charge in [-0.05, 0) is 18.6 Å². The predicted octanol–water partition coefficient (Wildman–Crippen LogP) is 1.22. The van der Waals surface area contributed by atoms with Crippen LogP contribution in [-0.4, -0.2) is 15.9 Å². The lowest BCUT2D eigenvalue weighted by Gasteiger charge is -2.13. The number of hydrogen-bond acceptors (Lipinski definition) is 6. The molecule has 0 fully saturated rings. The molecule has 2 aromatic rings. The van der Waals surface area contributed by atoms with Crippen LogP contribution in [0.4, 0.5) is 5.82 Å². The second-order valence-corrected chi connectivity index (χ2v) is 3.97. The first-order valence-corrected chi connectivity index (χ1v) is 6.04. The summed E-state index contributed by atoms with van der Waals surface area (Å²) in [4.78, 5) is 19.4. The SMILES string of the molecule is CCc1c(NN)ncnc1Oc1ccccc1C(N)=O. The zero-order valence-corrected chi connectivity index (χ0v) is 11.0. The number of primary amides is 1. The Morgan fingerprint density at radius 1 is 1.35 bits per heavy atom. The van der Waals surface area contributed by atoms with E-state index in [4.69, 9.17) is 16.3 Å². The maximum atomic E-state index is 11.4. The number of nitrogens with zero attached hydrogens (tertiary/aromatic N) is 2. The van der Waals surface area contributed by atoms with Gasteiger partial charge < -0.3 is 15.9 Å². The fraction of sp³-hybridized carbons (Fsp3) is 0.154. The Balaban J connectivity index is 2.43. The molecule has 7 heteroatoms. The van der Waals surface area contributed by atoms with Crippen LogP contribution in [0.2, 0.25) is 0 Å². The van der Waals surface area contributed by atoms with Crippen LogP contribution >= 0.6 is 0 Å². The van der Waals surface area contributed by atoms with Crippen molar-refractivity contribution in [3.8, 4) is 11.6 Å². The first kappa shape index (κ1) is 13.8. The summed E-state index contributed by atoms with van der Waals surface area (Å²) in [6, 6.07) is 6.70. The van der Waals surface area contributed by atoms with E-state index in [0.29, 0.717) is 29.4 Å². The minimum absolute atomic E-state index is 0.287. The number of amides is 1. The fourth-order valence-corrected chi connectivity index (χ4v) is 1.79. The van der Waals surface area contributed by atoms with Gasteiger partial charge in [0.1, 0.15) is 17.9 Å². The summed E-state index contributed by atoms with van der Waals surface area (Å²) in [5, 5.41) is 0. The summed E-state index contributed by atoms with van der Waals surface area (Å²) in [6.07, 6.45) is 1.95. The van der Waals surface area contributed by atoms with Crippen LogP contribution < -0.4 is 21.7 Å². The van der Waals surface area contributed by atoms with Gasteiger partial charge in [0.15, 0.2) is 0 Å². The van der Waals surface area contributed by atoms with E-state index in [9.17, 15) is 4.79 Å². The first-order valence-electron chi connectivity index (χ1n) is 6.04. The molecule has 1 amide bonds. The highest BCUT2D eigenvalue weighted by atomic mass is 16.5. The van der Waals surface area contributed by atoms with Gasteiger partial charge in [-0.3, -0.25) is 4.79 Å². The molecule has 1 aromatic carbocycles. The molecule has 1 aromatic heterocycles. The average molecular weight is 273 g/mol. The lowest BCUT2D eigenvalue weighted by atomic mass is 10.2. The highest BCUT2D eigenvalue weighted by Gasteiger charge is 2.14. The quantitative estimate of drug-likeness (QED) is 0.557. The van der Waals surface area contributed by atoms with Crippen molar-refractivity contribution in [1.82, 2.24) is 9.97 Å². The monoisotopic (exact) mass is 273 g/mol. The van der Waals surface area contributed by atoms with E-state index in [0.717, 1.165) is 0 Å². The number of hydrogen-bond donors (Lipinski definition) is 3. The van der Waals surface area contributed by atoms with Crippen molar-refractivity contribution in [2.75, 3.05) is 5.43 Å². The third kappa shape index (κ3) is 2.67. The number of benzene rings is 1. The van der Waals surface area contributed by atoms with Crippen LogP contribution in [0.25, 0.3) is 0 Å². The van der Waals surface area contributed by atoms with Gasteiger partial charge in [-0.2, -0.15) is 0 Å². The second kappa shape index (κ2) is 5.98. The van der Waals surface area contributed by atoms with Gasteiger partial charge in [0, 0.05) is 0 Å². The third-order valence-electron chi connectivity index (χ3n) is 2.76. The summed E-state index contributed by atoms with van der Waals surface area (Å²) >= 11 is 0. The lowest BCUT2D eigenvalue weighted by Crippen LogP contribution is -2.14. The number of anilines is 1. The molecule has 104 valence electrons. The van der Waals surface area contributed by atoms with Gasteiger partial charge >= 0.3 is 0 Å². The molecule has 0 radical (unpaired) electrons. The Bertz CT molecular complexity index is 630. The Hall–Kier alpha value is -2.67. The minimum Gasteiger partial charge on any atom is -0.438 e. The molecule has 7 nitrogen and oxygen atoms in total. The van der Waals surface area contributed by atoms with Crippen molar-refractivity contribution in [2.45, 2.75) is 13.3 Å². The summed E-state index contributed by atoms with van der Waals surface area (Å²) in [7, 11) is 0. The maximum Gasteiger partial charge on any atom is 0.252 e. The summed E-state index contributed by atoms with van der Waals surface area (Å²) < 4.78 is 5.69. The molecule has 0 aliphatic rings. The van der Waals surface area contributed by atoms with E-state index in [1.54, 1.807) is 24.3 Å².